The fourth-order valence-corrected chi connectivity index (χ4v) is 3.51. The average molecular weight is 451 g/mol. The van der Waals surface area contributed by atoms with E-state index >= 15 is 0 Å². The second-order valence-electron chi connectivity index (χ2n) is 7.87. The molecule has 0 radical (unpaired) electrons. The molecule has 0 atom stereocenters. The Kier molecular flexibility index (Phi) is 5.85. The minimum Gasteiger partial charge on any atom is -0.332 e. The molecule has 2 amide bonds. The summed E-state index contributed by atoms with van der Waals surface area (Å²) in [5, 5.41) is 9.71. The molecule has 0 saturated heterocycles. The zero-order valence-electron chi connectivity index (χ0n) is 18.5. The number of aryl methyl sites for hydroxylation is 1. The van der Waals surface area contributed by atoms with Crippen molar-refractivity contribution in [2.24, 2.45) is 0 Å². The summed E-state index contributed by atoms with van der Waals surface area (Å²) in [5.41, 5.74) is 5.15. The van der Waals surface area contributed by atoms with Gasteiger partial charge in [0, 0.05) is 29.7 Å². The van der Waals surface area contributed by atoms with Crippen LogP contribution in [0.25, 0.3) is 23.0 Å². The number of hydrogen-bond donors (Lipinski definition) is 2. The number of anilines is 2. The van der Waals surface area contributed by atoms with Crippen LogP contribution in [-0.4, -0.2) is 25.7 Å². The molecule has 0 aliphatic rings. The summed E-state index contributed by atoms with van der Waals surface area (Å²) >= 11 is 0. The number of nitrogens with one attached hydrogen (secondary N) is 2. The Labute approximate surface area is 196 Å². The lowest BCUT2D eigenvalue weighted by molar-refractivity contribution is 0.262. The number of carbonyl (C=O) groups excluding carboxylic acids is 1. The molecular weight excluding hydrogens is 428 g/mol. The molecule has 2 N–H and O–H groups in total. The van der Waals surface area contributed by atoms with Crippen molar-refractivity contribution in [3.63, 3.8) is 0 Å². The highest BCUT2D eigenvalue weighted by Gasteiger charge is 2.13. The number of benzene rings is 3. The monoisotopic (exact) mass is 450 g/mol. The number of urea groups is 1. The third-order valence-corrected chi connectivity index (χ3v) is 5.16. The molecule has 8 nitrogen and oxygen atoms in total. The Morgan fingerprint density at radius 1 is 0.941 bits per heavy atom. The predicted molar refractivity (Wildman–Crippen MR) is 130 cm³/mol. The Morgan fingerprint density at radius 2 is 1.71 bits per heavy atom. The number of rotatable bonds is 6. The molecule has 5 aromatic rings. The lowest BCUT2D eigenvalue weighted by atomic mass is 10.1. The van der Waals surface area contributed by atoms with Gasteiger partial charge in [0.15, 0.2) is 0 Å². The van der Waals surface area contributed by atoms with Crippen molar-refractivity contribution in [3.05, 3.63) is 103 Å². The minimum atomic E-state index is -0.289. The van der Waals surface area contributed by atoms with Crippen LogP contribution in [0.4, 0.5) is 16.2 Å². The Morgan fingerprint density at radius 3 is 2.47 bits per heavy atom. The molecule has 8 heteroatoms. The zero-order valence-corrected chi connectivity index (χ0v) is 18.5. The number of aromatic nitrogens is 4. The molecule has 0 saturated carbocycles. The molecule has 168 valence electrons. The summed E-state index contributed by atoms with van der Waals surface area (Å²) in [6, 6.07) is 24.6. The molecule has 0 bridgehead atoms. The van der Waals surface area contributed by atoms with E-state index in [9.17, 15) is 4.79 Å². The van der Waals surface area contributed by atoms with Gasteiger partial charge >= 0.3 is 6.03 Å². The van der Waals surface area contributed by atoms with E-state index in [0.717, 1.165) is 22.4 Å². The number of imidazole rings is 1. The molecule has 2 aromatic heterocycles. The third-order valence-electron chi connectivity index (χ3n) is 5.16. The lowest BCUT2D eigenvalue weighted by Gasteiger charge is -2.08. The fourth-order valence-electron chi connectivity index (χ4n) is 3.51. The number of nitrogens with zero attached hydrogens (tertiary/aromatic N) is 4. The van der Waals surface area contributed by atoms with Crippen LogP contribution < -0.4 is 10.6 Å². The predicted octanol–water partition coefficient (Wildman–Crippen LogP) is 5.60. The fraction of sp³-hybridized carbons (Fsp3) is 0.0769. The molecule has 5 rings (SSSR count). The summed E-state index contributed by atoms with van der Waals surface area (Å²) in [5.74, 6) is 0.909. The Balaban J connectivity index is 1.21. The maximum atomic E-state index is 12.1. The summed E-state index contributed by atoms with van der Waals surface area (Å²) in [6.07, 6.45) is 3.60. The van der Waals surface area contributed by atoms with E-state index in [1.54, 1.807) is 6.33 Å². The first-order valence-corrected chi connectivity index (χ1v) is 10.8. The van der Waals surface area contributed by atoms with Gasteiger partial charge < -0.3 is 19.7 Å². The number of hydrogen-bond acceptors (Lipinski definition) is 5. The largest absolute Gasteiger partial charge is 0.332 e. The van der Waals surface area contributed by atoms with E-state index in [1.165, 1.54) is 0 Å². The van der Waals surface area contributed by atoms with Crippen LogP contribution in [0.5, 0.6) is 0 Å². The van der Waals surface area contributed by atoms with E-state index in [0.29, 0.717) is 29.6 Å². The summed E-state index contributed by atoms with van der Waals surface area (Å²) in [7, 11) is 0. The van der Waals surface area contributed by atoms with Crippen LogP contribution in [0, 0.1) is 6.92 Å². The summed E-state index contributed by atoms with van der Waals surface area (Å²) in [6.45, 7) is 2.64. The van der Waals surface area contributed by atoms with Gasteiger partial charge in [-0.05, 0) is 42.8 Å². The minimum absolute atomic E-state index is 0.289. The summed E-state index contributed by atoms with van der Waals surface area (Å²) in [4.78, 5) is 21.0. The highest BCUT2D eigenvalue weighted by molar-refractivity contribution is 5.99. The molecule has 0 fully saturated rings. The van der Waals surface area contributed by atoms with Crippen molar-refractivity contribution in [3.8, 4) is 23.0 Å². The average Bonchev–Trinajstić information content (AvgIpc) is 3.51. The van der Waals surface area contributed by atoms with Gasteiger partial charge in [-0.15, -0.1) is 0 Å². The van der Waals surface area contributed by atoms with Crippen LogP contribution in [0.15, 0.2) is 95.9 Å². The highest BCUT2D eigenvalue weighted by atomic mass is 16.5. The van der Waals surface area contributed by atoms with E-state index in [1.807, 2.05) is 96.6 Å². The second-order valence-corrected chi connectivity index (χ2v) is 7.87. The van der Waals surface area contributed by atoms with Gasteiger partial charge in [-0.1, -0.05) is 59.3 Å². The highest BCUT2D eigenvalue weighted by Crippen LogP contribution is 2.22. The molecule has 0 spiro atoms. The maximum absolute atomic E-state index is 12.1. The van der Waals surface area contributed by atoms with Gasteiger partial charge in [0.2, 0.25) is 5.82 Å². The SMILES string of the molecule is Cc1cccc(-c2noc(-c3cn(Cc4ccc(NC(=O)Nc5ccccc5)cc4)cn3)n2)c1. The first kappa shape index (κ1) is 21.1. The normalized spacial score (nSPS) is 10.7. The van der Waals surface area contributed by atoms with Crippen molar-refractivity contribution in [1.29, 1.82) is 0 Å². The number of amides is 2. The zero-order chi connectivity index (χ0) is 23.3. The lowest BCUT2D eigenvalue weighted by Crippen LogP contribution is -2.19. The topological polar surface area (TPSA) is 97.9 Å². The van der Waals surface area contributed by atoms with E-state index in [2.05, 4.69) is 25.8 Å². The molecule has 0 aliphatic carbocycles. The standard InChI is InChI=1S/C26H22N6O2/c1-18-6-5-7-20(14-18)24-30-25(34-31-24)23-16-32(17-27-23)15-19-10-12-22(13-11-19)29-26(33)28-21-8-3-2-4-9-21/h2-14,16-17H,15H2,1H3,(H2,28,29,33). The van der Waals surface area contributed by atoms with Gasteiger partial charge in [0.05, 0.1) is 6.33 Å². The molecule has 3 aromatic carbocycles. The van der Waals surface area contributed by atoms with Gasteiger partial charge in [-0.2, -0.15) is 4.98 Å². The van der Waals surface area contributed by atoms with E-state index < -0.39 is 0 Å². The molecule has 34 heavy (non-hydrogen) atoms. The van der Waals surface area contributed by atoms with E-state index in [4.69, 9.17) is 4.52 Å². The molecule has 0 aliphatic heterocycles. The van der Waals surface area contributed by atoms with Crippen molar-refractivity contribution in [2.45, 2.75) is 13.5 Å². The van der Waals surface area contributed by atoms with Crippen LogP contribution >= 0.6 is 0 Å². The van der Waals surface area contributed by atoms with Gasteiger partial charge in [0.1, 0.15) is 5.69 Å². The Bertz CT molecular complexity index is 1410. The van der Waals surface area contributed by atoms with Gasteiger partial charge in [0.25, 0.3) is 5.89 Å². The summed E-state index contributed by atoms with van der Waals surface area (Å²) < 4.78 is 7.36. The first-order chi connectivity index (χ1) is 16.6. The van der Waals surface area contributed by atoms with E-state index in [-0.39, 0.29) is 6.03 Å². The van der Waals surface area contributed by atoms with Crippen molar-refractivity contribution < 1.29 is 9.32 Å². The van der Waals surface area contributed by atoms with Crippen LogP contribution in [0.1, 0.15) is 11.1 Å². The smallest absolute Gasteiger partial charge is 0.323 e. The first-order valence-electron chi connectivity index (χ1n) is 10.8. The molecule has 2 heterocycles. The number of para-hydroxylation sites is 1. The molecular formula is C26H22N6O2. The number of carbonyl (C=O) groups is 1. The Hall–Kier alpha value is -4.72. The van der Waals surface area contributed by atoms with Gasteiger partial charge in [-0.25, -0.2) is 9.78 Å². The molecule has 0 unspecified atom stereocenters. The van der Waals surface area contributed by atoms with Crippen LogP contribution in [-0.2, 0) is 6.54 Å². The van der Waals surface area contributed by atoms with Crippen molar-refractivity contribution in [2.75, 3.05) is 10.6 Å². The third kappa shape index (κ3) is 5.02. The van der Waals surface area contributed by atoms with Crippen molar-refractivity contribution >= 4 is 17.4 Å². The maximum Gasteiger partial charge on any atom is 0.323 e. The second kappa shape index (κ2) is 9.41. The van der Waals surface area contributed by atoms with Crippen LogP contribution in [0.3, 0.4) is 0 Å². The van der Waals surface area contributed by atoms with Gasteiger partial charge in [-0.3, -0.25) is 0 Å². The quantitative estimate of drug-likeness (QED) is 0.351. The van der Waals surface area contributed by atoms with Crippen LogP contribution in [0.2, 0.25) is 0 Å². The van der Waals surface area contributed by atoms with Crippen molar-refractivity contribution in [1.82, 2.24) is 19.7 Å².